The zero-order valence-corrected chi connectivity index (χ0v) is 9.35. The Morgan fingerprint density at radius 1 is 1.50 bits per heavy atom. The SMILES string of the molecule is OCC1=C[C@@H]2[C@H]3C[C@@H]4[C@@H](O[C@H]1[C@H]24)[C@@H]3Br. The molecule has 4 rings (SSSR count). The second-order valence-electron chi connectivity index (χ2n) is 5.08. The molecular weight excluding hydrogens is 244 g/mol. The van der Waals surface area contributed by atoms with Crippen LogP contribution in [0.5, 0.6) is 0 Å². The van der Waals surface area contributed by atoms with Crippen LogP contribution in [0.15, 0.2) is 11.6 Å². The van der Waals surface area contributed by atoms with Crippen LogP contribution in [0.3, 0.4) is 0 Å². The van der Waals surface area contributed by atoms with Crippen LogP contribution in [0.4, 0.5) is 0 Å². The molecule has 2 bridgehead atoms. The molecule has 3 aliphatic carbocycles. The van der Waals surface area contributed by atoms with E-state index >= 15 is 0 Å². The lowest BCUT2D eigenvalue weighted by molar-refractivity contribution is 0.0578. The first kappa shape index (κ1) is 8.31. The fourth-order valence-corrected chi connectivity index (χ4v) is 5.38. The lowest BCUT2D eigenvalue weighted by atomic mass is 9.81. The van der Waals surface area contributed by atoms with Gasteiger partial charge in [-0.1, -0.05) is 22.0 Å². The van der Waals surface area contributed by atoms with E-state index in [1.807, 2.05) is 0 Å². The van der Waals surface area contributed by atoms with Gasteiger partial charge in [0.2, 0.25) is 0 Å². The minimum atomic E-state index is 0.191. The Kier molecular flexibility index (Phi) is 1.45. The molecule has 0 radical (unpaired) electrons. The molecule has 0 aromatic heterocycles. The van der Waals surface area contributed by atoms with Crippen LogP contribution in [-0.4, -0.2) is 28.7 Å². The second kappa shape index (κ2) is 2.45. The molecule has 2 saturated carbocycles. The van der Waals surface area contributed by atoms with Gasteiger partial charge in [0, 0.05) is 10.7 Å². The molecule has 0 aromatic rings. The maximum atomic E-state index is 9.25. The van der Waals surface area contributed by atoms with E-state index in [9.17, 15) is 5.11 Å². The molecule has 14 heavy (non-hydrogen) atoms. The van der Waals surface area contributed by atoms with Gasteiger partial charge < -0.3 is 9.84 Å². The third-order valence-corrected chi connectivity index (χ3v) is 5.93. The molecule has 0 unspecified atom stereocenters. The molecular formula is C11H13BrO2. The van der Waals surface area contributed by atoms with Crippen molar-refractivity contribution in [1.82, 2.24) is 0 Å². The highest BCUT2D eigenvalue weighted by atomic mass is 79.9. The number of hydrogen-bond acceptors (Lipinski definition) is 2. The third-order valence-electron chi connectivity index (χ3n) is 4.73. The minimum Gasteiger partial charge on any atom is -0.392 e. The maximum Gasteiger partial charge on any atom is 0.0849 e. The van der Waals surface area contributed by atoms with Gasteiger partial charge in [-0.05, 0) is 29.7 Å². The van der Waals surface area contributed by atoms with Crippen LogP contribution >= 0.6 is 15.9 Å². The summed E-state index contributed by atoms with van der Waals surface area (Å²) in [6.45, 7) is 0.191. The van der Waals surface area contributed by atoms with Crippen molar-refractivity contribution < 1.29 is 9.84 Å². The summed E-state index contributed by atoms with van der Waals surface area (Å²) in [7, 11) is 0. The van der Waals surface area contributed by atoms with Crippen LogP contribution in [0, 0.1) is 23.7 Å². The monoisotopic (exact) mass is 256 g/mol. The second-order valence-corrected chi connectivity index (χ2v) is 6.14. The average Bonchev–Trinajstić information content (AvgIpc) is 2.82. The molecule has 2 nitrogen and oxygen atoms in total. The fraction of sp³-hybridized carbons (Fsp3) is 0.818. The quantitative estimate of drug-likeness (QED) is 0.567. The van der Waals surface area contributed by atoms with E-state index in [0.29, 0.717) is 22.8 Å². The van der Waals surface area contributed by atoms with E-state index in [1.165, 1.54) is 6.42 Å². The first-order chi connectivity index (χ1) is 6.81. The maximum absolute atomic E-state index is 9.25. The molecule has 0 spiro atoms. The smallest absolute Gasteiger partial charge is 0.0849 e. The summed E-state index contributed by atoms with van der Waals surface area (Å²) in [5.74, 6) is 2.93. The van der Waals surface area contributed by atoms with Crippen LogP contribution in [-0.2, 0) is 4.74 Å². The topological polar surface area (TPSA) is 29.5 Å². The standard InChI is InChI=1S/C11H13BrO2/c12-9-6-2-7-8-5(6)1-4(3-13)10(8)14-11(7)9/h1,5-11,13H,2-3H2/t5-,6-,7+,8-,9-,10-,11-/m1/s1. The molecule has 76 valence electrons. The molecule has 3 heteroatoms. The van der Waals surface area contributed by atoms with Crippen molar-refractivity contribution in [1.29, 1.82) is 0 Å². The molecule has 1 N–H and O–H groups in total. The molecule has 0 aromatic carbocycles. The van der Waals surface area contributed by atoms with Gasteiger partial charge in [-0.25, -0.2) is 0 Å². The number of hydrogen-bond donors (Lipinski definition) is 1. The number of allylic oxidation sites excluding steroid dienone is 1. The number of aliphatic hydroxyl groups is 1. The minimum absolute atomic E-state index is 0.191. The zero-order chi connectivity index (χ0) is 9.45. The summed E-state index contributed by atoms with van der Waals surface area (Å²) in [6, 6.07) is 0. The van der Waals surface area contributed by atoms with Gasteiger partial charge in [-0.2, -0.15) is 0 Å². The van der Waals surface area contributed by atoms with E-state index in [4.69, 9.17) is 4.74 Å². The van der Waals surface area contributed by atoms with Gasteiger partial charge in [-0.15, -0.1) is 0 Å². The molecule has 0 amide bonds. The van der Waals surface area contributed by atoms with Crippen LogP contribution in [0.25, 0.3) is 0 Å². The van der Waals surface area contributed by atoms with Gasteiger partial charge in [0.15, 0.2) is 0 Å². The number of ether oxygens (including phenoxy) is 1. The molecule has 1 saturated heterocycles. The summed E-state index contributed by atoms with van der Waals surface area (Å²) in [5, 5.41) is 9.25. The third kappa shape index (κ3) is 0.708. The van der Waals surface area contributed by atoms with Crippen molar-refractivity contribution in [2.75, 3.05) is 6.61 Å². The summed E-state index contributed by atoms with van der Waals surface area (Å²) in [5.41, 5.74) is 1.15. The molecule has 1 heterocycles. The van der Waals surface area contributed by atoms with Gasteiger partial charge in [-0.3, -0.25) is 0 Å². The lowest BCUT2D eigenvalue weighted by Gasteiger charge is -2.26. The Bertz CT molecular complexity index is 327. The van der Waals surface area contributed by atoms with Crippen molar-refractivity contribution in [3.8, 4) is 0 Å². The van der Waals surface area contributed by atoms with Gasteiger partial charge >= 0.3 is 0 Å². The highest BCUT2D eigenvalue weighted by Gasteiger charge is 2.66. The van der Waals surface area contributed by atoms with Crippen molar-refractivity contribution in [2.45, 2.75) is 23.5 Å². The Balaban J connectivity index is 1.83. The number of alkyl halides is 1. The highest BCUT2D eigenvalue weighted by molar-refractivity contribution is 9.09. The Morgan fingerprint density at radius 3 is 3.14 bits per heavy atom. The van der Waals surface area contributed by atoms with Crippen molar-refractivity contribution in [3.63, 3.8) is 0 Å². The molecule has 4 aliphatic rings. The van der Waals surface area contributed by atoms with Crippen LogP contribution in [0.2, 0.25) is 0 Å². The Labute approximate surface area is 91.5 Å². The van der Waals surface area contributed by atoms with Crippen LogP contribution in [0.1, 0.15) is 6.42 Å². The van der Waals surface area contributed by atoms with Crippen molar-refractivity contribution >= 4 is 15.9 Å². The summed E-state index contributed by atoms with van der Waals surface area (Å²) < 4.78 is 6.07. The number of rotatable bonds is 1. The zero-order valence-electron chi connectivity index (χ0n) is 7.77. The number of halogens is 1. The van der Waals surface area contributed by atoms with Crippen LogP contribution < -0.4 is 0 Å². The van der Waals surface area contributed by atoms with Crippen molar-refractivity contribution in [2.24, 2.45) is 23.7 Å². The van der Waals surface area contributed by atoms with Crippen molar-refractivity contribution in [3.05, 3.63) is 11.6 Å². The average molecular weight is 257 g/mol. The number of aliphatic hydroxyl groups excluding tert-OH is 1. The largest absolute Gasteiger partial charge is 0.392 e. The molecule has 7 atom stereocenters. The van der Waals surface area contributed by atoms with Gasteiger partial charge in [0.25, 0.3) is 0 Å². The number of fused-ring (bicyclic) bond motifs is 2. The van der Waals surface area contributed by atoms with E-state index in [0.717, 1.165) is 17.4 Å². The van der Waals surface area contributed by atoms with Gasteiger partial charge in [0.05, 0.1) is 18.8 Å². The van der Waals surface area contributed by atoms with E-state index in [-0.39, 0.29) is 12.7 Å². The predicted octanol–water partition coefficient (Wildman–Crippen LogP) is 1.33. The lowest BCUT2D eigenvalue weighted by Crippen LogP contribution is -2.31. The normalized spacial score (nSPS) is 62.4. The first-order valence-electron chi connectivity index (χ1n) is 5.42. The summed E-state index contributed by atoms with van der Waals surface area (Å²) >= 11 is 3.78. The Hall–Kier alpha value is 0.140. The summed E-state index contributed by atoms with van der Waals surface area (Å²) in [6.07, 6.45) is 4.32. The Morgan fingerprint density at radius 2 is 2.36 bits per heavy atom. The highest BCUT2D eigenvalue weighted by Crippen LogP contribution is 2.65. The first-order valence-corrected chi connectivity index (χ1v) is 6.34. The van der Waals surface area contributed by atoms with E-state index < -0.39 is 0 Å². The molecule has 3 fully saturated rings. The summed E-state index contributed by atoms with van der Waals surface area (Å²) in [4.78, 5) is 0.565. The van der Waals surface area contributed by atoms with E-state index in [1.54, 1.807) is 0 Å². The fourth-order valence-electron chi connectivity index (χ4n) is 4.29. The molecule has 1 aliphatic heterocycles. The van der Waals surface area contributed by atoms with E-state index in [2.05, 4.69) is 22.0 Å². The predicted molar refractivity (Wildman–Crippen MR) is 55.1 cm³/mol. The van der Waals surface area contributed by atoms with Gasteiger partial charge in [0.1, 0.15) is 0 Å².